The van der Waals surface area contributed by atoms with Gasteiger partial charge < -0.3 is 15.3 Å². The average Bonchev–Trinajstić information content (AvgIpc) is 2.15. The van der Waals surface area contributed by atoms with Crippen LogP contribution in [0.5, 0.6) is 0 Å². The number of aliphatic hydroxyl groups is 1. The van der Waals surface area contributed by atoms with Gasteiger partial charge in [-0.3, -0.25) is 0 Å². The van der Waals surface area contributed by atoms with Crippen molar-refractivity contribution < 1.29 is 5.11 Å². The van der Waals surface area contributed by atoms with Crippen LogP contribution < -0.4 is 10.2 Å². The zero-order valence-corrected chi connectivity index (χ0v) is 8.73. The lowest BCUT2D eigenvalue weighted by molar-refractivity contribution is 0.208. The molecule has 0 saturated carbocycles. The van der Waals surface area contributed by atoms with E-state index in [4.69, 9.17) is 5.11 Å². The van der Waals surface area contributed by atoms with Crippen LogP contribution in [0.15, 0.2) is 12.3 Å². The van der Waals surface area contributed by atoms with Crippen LogP contribution in [-0.4, -0.2) is 41.8 Å². The van der Waals surface area contributed by atoms with Gasteiger partial charge in [-0.2, -0.15) is 4.98 Å². The fraction of sp³-hybridized carbons (Fsp3) is 0.556. The minimum Gasteiger partial charge on any atom is -0.392 e. The van der Waals surface area contributed by atoms with E-state index >= 15 is 0 Å². The largest absolute Gasteiger partial charge is 0.392 e. The molecule has 1 aromatic rings. The molecule has 78 valence electrons. The van der Waals surface area contributed by atoms with Crippen molar-refractivity contribution in [1.29, 1.82) is 0 Å². The van der Waals surface area contributed by atoms with E-state index in [1.165, 1.54) is 0 Å². The van der Waals surface area contributed by atoms with Gasteiger partial charge in [0.2, 0.25) is 5.95 Å². The van der Waals surface area contributed by atoms with Crippen LogP contribution >= 0.6 is 0 Å². The van der Waals surface area contributed by atoms with Gasteiger partial charge >= 0.3 is 0 Å². The summed E-state index contributed by atoms with van der Waals surface area (Å²) >= 11 is 0. The summed E-state index contributed by atoms with van der Waals surface area (Å²) in [7, 11) is 3.77. The molecule has 0 bridgehead atoms. The number of aliphatic hydroxyl groups excluding tert-OH is 1. The first-order valence-electron chi connectivity index (χ1n) is 4.52. The van der Waals surface area contributed by atoms with E-state index in [1.54, 1.807) is 19.2 Å². The maximum atomic E-state index is 9.08. The molecular weight excluding hydrogens is 180 g/mol. The molecular formula is C9H16N4O. The van der Waals surface area contributed by atoms with E-state index in [2.05, 4.69) is 15.3 Å². The Morgan fingerprint density at radius 3 is 2.86 bits per heavy atom. The fourth-order valence-corrected chi connectivity index (χ4v) is 0.915. The number of hydrogen-bond donors (Lipinski definition) is 2. The minimum atomic E-state index is -0.382. The summed E-state index contributed by atoms with van der Waals surface area (Å²) in [5.41, 5.74) is 0. The Labute approximate surface area is 83.8 Å². The van der Waals surface area contributed by atoms with E-state index < -0.39 is 0 Å². The van der Waals surface area contributed by atoms with Crippen LogP contribution in [0.3, 0.4) is 0 Å². The third-order valence-corrected chi connectivity index (χ3v) is 1.62. The molecule has 0 saturated heterocycles. The van der Waals surface area contributed by atoms with Crippen molar-refractivity contribution in [3.05, 3.63) is 12.3 Å². The average molecular weight is 196 g/mol. The van der Waals surface area contributed by atoms with Gasteiger partial charge in [-0.1, -0.05) is 0 Å². The highest BCUT2D eigenvalue weighted by Crippen LogP contribution is 2.07. The number of nitrogens with zero attached hydrogens (tertiary/aromatic N) is 3. The normalized spacial score (nSPS) is 12.3. The number of anilines is 2. The summed E-state index contributed by atoms with van der Waals surface area (Å²) in [4.78, 5) is 10.1. The summed E-state index contributed by atoms with van der Waals surface area (Å²) in [6.07, 6.45) is 1.31. The van der Waals surface area contributed by atoms with Crippen LogP contribution in [0, 0.1) is 0 Å². The van der Waals surface area contributed by atoms with E-state index in [-0.39, 0.29) is 6.10 Å². The number of nitrogens with one attached hydrogen (secondary N) is 1. The second kappa shape index (κ2) is 4.76. The quantitative estimate of drug-likeness (QED) is 0.727. The first kappa shape index (κ1) is 10.7. The van der Waals surface area contributed by atoms with E-state index in [0.29, 0.717) is 12.5 Å². The van der Waals surface area contributed by atoms with E-state index in [0.717, 1.165) is 5.82 Å². The molecule has 1 rings (SSSR count). The maximum Gasteiger partial charge on any atom is 0.226 e. The summed E-state index contributed by atoms with van der Waals surface area (Å²) in [5, 5.41) is 12.1. The first-order chi connectivity index (χ1) is 6.59. The third kappa shape index (κ3) is 3.18. The van der Waals surface area contributed by atoms with Crippen molar-refractivity contribution in [2.45, 2.75) is 13.0 Å². The molecule has 0 spiro atoms. The lowest BCUT2D eigenvalue weighted by Gasteiger charge is -2.12. The smallest absolute Gasteiger partial charge is 0.226 e. The van der Waals surface area contributed by atoms with Crippen LogP contribution in [0.1, 0.15) is 6.92 Å². The summed E-state index contributed by atoms with van der Waals surface area (Å²) in [6, 6.07) is 1.77. The van der Waals surface area contributed by atoms with Crippen LogP contribution in [0.4, 0.5) is 11.8 Å². The van der Waals surface area contributed by atoms with Crippen molar-refractivity contribution in [3.8, 4) is 0 Å². The molecule has 14 heavy (non-hydrogen) atoms. The molecule has 5 nitrogen and oxygen atoms in total. The number of hydrogen-bond acceptors (Lipinski definition) is 5. The van der Waals surface area contributed by atoms with Gasteiger partial charge in [0, 0.05) is 26.8 Å². The highest BCUT2D eigenvalue weighted by atomic mass is 16.3. The van der Waals surface area contributed by atoms with Crippen molar-refractivity contribution >= 4 is 11.8 Å². The molecule has 0 unspecified atom stereocenters. The van der Waals surface area contributed by atoms with Gasteiger partial charge in [-0.15, -0.1) is 0 Å². The summed E-state index contributed by atoms with van der Waals surface area (Å²) in [6.45, 7) is 2.21. The fourth-order valence-electron chi connectivity index (χ4n) is 0.915. The Hall–Kier alpha value is -1.36. The maximum absolute atomic E-state index is 9.08. The Bertz CT molecular complexity index is 288. The summed E-state index contributed by atoms with van der Waals surface area (Å²) < 4.78 is 0. The molecule has 0 aliphatic heterocycles. The second-order valence-electron chi connectivity index (χ2n) is 3.37. The monoisotopic (exact) mass is 196 g/mol. The predicted molar refractivity (Wildman–Crippen MR) is 56.5 cm³/mol. The molecule has 0 radical (unpaired) electrons. The molecule has 0 amide bonds. The molecule has 2 N–H and O–H groups in total. The Morgan fingerprint density at radius 1 is 1.57 bits per heavy atom. The van der Waals surface area contributed by atoms with Gasteiger partial charge in [-0.05, 0) is 13.0 Å². The topological polar surface area (TPSA) is 61.3 Å². The van der Waals surface area contributed by atoms with Crippen molar-refractivity contribution in [2.24, 2.45) is 0 Å². The molecule has 0 aliphatic rings. The molecule has 0 fully saturated rings. The molecule has 1 atom stereocenters. The Morgan fingerprint density at radius 2 is 2.29 bits per heavy atom. The SMILES string of the molecule is C[C@@H](O)CNc1ccnc(N(C)C)n1. The first-order valence-corrected chi connectivity index (χ1v) is 4.52. The van der Waals surface area contributed by atoms with E-state index in [1.807, 2.05) is 19.0 Å². The molecule has 1 aromatic heterocycles. The van der Waals surface area contributed by atoms with Gasteiger partial charge in [0.25, 0.3) is 0 Å². The molecule has 0 aromatic carbocycles. The zero-order valence-electron chi connectivity index (χ0n) is 8.73. The van der Waals surface area contributed by atoms with Gasteiger partial charge in [-0.25, -0.2) is 4.98 Å². The van der Waals surface area contributed by atoms with Gasteiger partial charge in [0.1, 0.15) is 5.82 Å². The molecule has 1 heterocycles. The molecule has 5 heteroatoms. The summed E-state index contributed by atoms with van der Waals surface area (Å²) in [5.74, 6) is 1.38. The van der Waals surface area contributed by atoms with Gasteiger partial charge in [0.05, 0.1) is 6.10 Å². The minimum absolute atomic E-state index is 0.382. The van der Waals surface area contributed by atoms with E-state index in [9.17, 15) is 0 Å². The van der Waals surface area contributed by atoms with Crippen molar-refractivity contribution in [1.82, 2.24) is 9.97 Å². The highest BCUT2D eigenvalue weighted by molar-refractivity contribution is 5.40. The molecule has 0 aliphatic carbocycles. The van der Waals surface area contributed by atoms with Crippen molar-refractivity contribution in [2.75, 3.05) is 30.9 Å². The second-order valence-corrected chi connectivity index (χ2v) is 3.37. The van der Waals surface area contributed by atoms with Crippen LogP contribution in [0.2, 0.25) is 0 Å². The Balaban J connectivity index is 2.64. The van der Waals surface area contributed by atoms with Crippen LogP contribution in [0.25, 0.3) is 0 Å². The lowest BCUT2D eigenvalue weighted by atomic mass is 10.4. The van der Waals surface area contributed by atoms with Crippen molar-refractivity contribution in [3.63, 3.8) is 0 Å². The Kier molecular flexibility index (Phi) is 3.64. The van der Waals surface area contributed by atoms with Gasteiger partial charge in [0.15, 0.2) is 0 Å². The lowest BCUT2D eigenvalue weighted by Crippen LogP contribution is -2.18. The van der Waals surface area contributed by atoms with Crippen LogP contribution in [-0.2, 0) is 0 Å². The zero-order chi connectivity index (χ0) is 10.6. The third-order valence-electron chi connectivity index (χ3n) is 1.62. The predicted octanol–water partition coefficient (Wildman–Crippen LogP) is 0.335. The highest BCUT2D eigenvalue weighted by Gasteiger charge is 2.01. The standard InChI is InChI=1S/C9H16N4O/c1-7(14)6-11-8-4-5-10-9(12-8)13(2)3/h4-5,7,14H,6H2,1-3H3,(H,10,11,12)/t7-/m1/s1. The number of aromatic nitrogens is 2. The number of rotatable bonds is 4.